The first-order valence-electron chi connectivity index (χ1n) is 7.08. The number of amides is 1. The molecular formula is C16H25NO2. The van der Waals surface area contributed by atoms with Crippen molar-refractivity contribution in [3.8, 4) is 0 Å². The number of aryl methyl sites for hydroxylation is 1. The summed E-state index contributed by atoms with van der Waals surface area (Å²) in [7, 11) is 0. The third-order valence-electron chi connectivity index (χ3n) is 3.43. The van der Waals surface area contributed by atoms with E-state index in [1.807, 2.05) is 31.2 Å². The van der Waals surface area contributed by atoms with E-state index < -0.39 is 5.60 Å². The zero-order chi connectivity index (χ0) is 14.3. The Labute approximate surface area is 116 Å². The average molecular weight is 263 g/mol. The molecule has 0 aromatic heterocycles. The van der Waals surface area contributed by atoms with Crippen molar-refractivity contribution < 1.29 is 9.90 Å². The predicted octanol–water partition coefficient (Wildman–Crippen LogP) is 2.92. The van der Waals surface area contributed by atoms with E-state index in [1.54, 1.807) is 6.92 Å². The molecule has 0 bridgehead atoms. The quantitative estimate of drug-likeness (QED) is 0.794. The van der Waals surface area contributed by atoms with Crippen molar-refractivity contribution in [2.24, 2.45) is 0 Å². The highest BCUT2D eigenvalue weighted by Gasteiger charge is 2.18. The minimum atomic E-state index is -0.837. The number of carbonyl (C=O) groups is 1. The van der Waals surface area contributed by atoms with Crippen LogP contribution < -0.4 is 5.32 Å². The third-order valence-corrected chi connectivity index (χ3v) is 3.43. The molecule has 0 saturated carbocycles. The highest BCUT2D eigenvalue weighted by atomic mass is 16.3. The molecule has 1 rings (SSSR count). The van der Waals surface area contributed by atoms with Crippen LogP contribution in [0.5, 0.6) is 0 Å². The summed E-state index contributed by atoms with van der Waals surface area (Å²) >= 11 is 0. The maximum atomic E-state index is 11.9. The van der Waals surface area contributed by atoms with Gasteiger partial charge in [-0.2, -0.15) is 0 Å². The number of hydrogen-bond acceptors (Lipinski definition) is 2. The molecule has 19 heavy (non-hydrogen) atoms. The monoisotopic (exact) mass is 263 g/mol. The lowest BCUT2D eigenvalue weighted by molar-refractivity contribution is 0.0518. The molecule has 0 radical (unpaired) electrons. The summed E-state index contributed by atoms with van der Waals surface area (Å²) in [6, 6.07) is 7.70. The van der Waals surface area contributed by atoms with Crippen molar-refractivity contribution in [2.45, 2.75) is 52.1 Å². The van der Waals surface area contributed by atoms with Gasteiger partial charge in [-0.05, 0) is 43.9 Å². The van der Waals surface area contributed by atoms with Crippen molar-refractivity contribution in [3.63, 3.8) is 0 Å². The normalized spacial score (nSPS) is 13.9. The Balaban J connectivity index is 2.53. The molecule has 0 aliphatic heterocycles. The van der Waals surface area contributed by atoms with Crippen LogP contribution in [0.2, 0.25) is 0 Å². The molecule has 0 saturated heterocycles. The van der Waals surface area contributed by atoms with Crippen LogP contribution in [0.3, 0.4) is 0 Å². The van der Waals surface area contributed by atoms with Gasteiger partial charge in [-0.3, -0.25) is 4.79 Å². The van der Waals surface area contributed by atoms with Gasteiger partial charge in [0.15, 0.2) is 0 Å². The van der Waals surface area contributed by atoms with Crippen molar-refractivity contribution in [1.29, 1.82) is 0 Å². The lowest BCUT2D eigenvalue weighted by Crippen LogP contribution is -2.40. The highest BCUT2D eigenvalue weighted by molar-refractivity contribution is 5.94. The molecule has 1 aromatic carbocycles. The molecule has 0 aliphatic carbocycles. The molecule has 1 unspecified atom stereocenters. The number of hydrogen-bond donors (Lipinski definition) is 2. The van der Waals surface area contributed by atoms with Gasteiger partial charge in [0.1, 0.15) is 0 Å². The van der Waals surface area contributed by atoms with Gasteiger partial charge < -0.3 is 10.4 Å². The van der Waals surface area contributed by atoms with Crippen LogP contribution in [0.4, 0.5) is 0 Å². The lowest BCUT2D eigenvalue weighted by Gasteiger charge is -2.21. The molecule has 1 aromatic rings. The minimum Gasteiger partial charge on any atom is -0.388 e. The second-order valence-corrected chi connectivity index (χ2v) is 5.33. The van der Waals surface area contributed by atoms with Gasteiger partial charge in [0.2, 0.25) is 0 Å². The fraction of sp³-hybridized carbons (Fsp3) is 0.562. The van der Waals surface area contributed by atoms with Crippen LogP contribution in [0.15, 0.2) is 24.3 Å². The van der Waals surface area contributed by atoms with Crippen molar-refractivity contribution >= 4 is 5.91 Å². The standard InChI is InChI=1S/C16H25NO2/c1-4-6-7-13-8-10-14(11-9-13)15(18)17-12-16(3,19)5-2/h8-11,19H,4-7,12H2,1-3H3,(H,17,18). The summed E-state index contributed by atoms with van der Waals surface area (Å²) in [5, 5.41) is 12.6. The maximum absolute atomic E-state index is 11.9. The van der Waals surface area contributed by atoms with E-state index in [1.165, 1.54) is 18.4 Å². The summed E-state index contributed by atoms with van der Waals surface area (Å²) < 4.78 is 0. The Morgan fingerprint density at radius 1 is 1.26 bits per heavy atom. The zero-order valence-electron chi connectivity index (χ0n) is 12.2. The SMILES string of the molecule is CCCCc1ccc(C(=O)NCC(C)(O)CC)cc1. The van der Waals surface area contributed by atoms with Crippen molar-refractivity contribution in [3.05, 3.63) is 35.4 Å². The van der Waals surface area contributed by atoms with E-state index in [2.05, 4.69) is 12.2 Å². The molecule has 1 atom stereocenters. The highest BCUT2D eigenvalue weighted by Crippen LogP contribution is 2.09. The number of carbonyl (C=O) groups excluding carboxylic acids is 1. The Kier molecular flexibility index (Phi) is 6.03. The molecule has 1 amide bonds. The maximum Gasteiger partial charge on any atom is 0.251 e. The summed E-state index contributed by atoms with van der Waals surface area (Å²) in [4.78, 5) is 11.9. The van der Waals surface area contributed by atoms with E-state index in [9.17, 15) is 9.90 Å². The van der Waals surface area contributed by atoms with Gasteiger partial charge in [-0.15, -0.1) is 0 Å². The Bertz CT molecular complexity index is 396. The second-order valence-electron chi connectivity index (χ2n) is 5.33. The van der Waals surface area contributed by atoms with Crippen LogP contribution in [0.1, 0.15) is 56.0 Å². The third kappa shape index (κ3) is 5.43. The second kappa shape index (κ2) is 7.29. The Morgan fingerprint density at radius 2 is 1.89 bits per heavy atom. The molecule has 0 heterocycles. The molecule has 0 aliphatic rings. The summed E-state index contributed by atoms with van der Waals surface area (Å²) in [6.07, 6.45) is 4.02. The number of rotatable bonds is 7. The van der Waals surface area contributed by atoms with Gasteiger partial charge in [-0.25, -0.2) is 0 Å². The molecule has 0 spiro atoms. The summed E-state index contributed by atoms with van der Waals surface area (Å²) in [5.74, 6) is -0.129. The lowest BCUT2D eigenvalue weighted by atomic mass is 10.0. The fourth-order valence-electron chi connectivity index (χ4n) is 1.70. The number of aliphatic hydroxyl groups is 1. The Morgan fingerprint density at radius 3 is 2.42 bits per heavy atom. The molecule has 3 heteroatoms. The number of unbranched alkanes of at least 4 members (excludes halogenated alkanes) is 1. The van der Waals surface area contributed by atoms with Gasteiger partial charge in [0.25, 0.3) is 5.91 Å². The van der Waals surface area contributed by atoms with Crippen molar-refractivity contribution in [1.82, 2.24) is 5.32 Å². The molecular weight excluding hydrogens is 238 g/mol. The van der Waals surface area contributed by atoms with Gasteiger partial charge in [0.05, 0.1) is 5.60 Å². The number of nitrogens with one attached hydrogen (secondary N) is 1. The van der Waals surface area contributed by atoms with Crippen LogP contribution >= 0.6 is 0 Å². The fourth-order valence-corrected chi connectivity index (χ4v) is 1.70. The largest absolute Gasteiger partial charge is 0.388 e. The van der Waals surface area contributed by atoms with Crippen LogP contribution in [0.25, 0.3) is 0 Å². The van der Waals surface area contributed by atoms with Crippen LogP contribution in [-0.2, 0) is 6.42 Å². The topological polar surface area (TPSA) is 49.3 Å². The summed E-state index contributed by atoms with van der Waals surface area (Å²) in [5.41, 5.74) is 1.07. The van der Waals surface area contributed by atoms with E-state index in [-0.39, 0.29) is 12.5 Å². The number of benzene rings is 1. The molecule has 3 nitrogen and oxygen atoms in total. The average Bonchev–Trinajstić information content (AvgIpc) is 2.43. The van der Waals surface area contributed by atoms with Crippen molar-refractivity contribution in [2.75, 3.05) is 6.54 Å². The van der Waals surface area contributed by atoms with E-state index in [4.69, 9.17) is 0 Å². The minimum absolute atomic E-state index is 0.129. The smallest absolute Gasteiger partial charge is 0.251 e. The molecule has 2 N–H and O–H groups in total. The first kappa shape index (κ1) is 15.7. The zero-order valence-corrected chi connectivity index (χ0v) is 12.2. The Hall–Kier alpha value is -1.35. The molecule has 0 fully saturated rings. The summed E-state index contributed by atoms with van der Waals surface area (Å²) in [6.45, 7) is 6.07. The first-order valence-corrected chi connectivity index (χ1v) is 7.08. The van der Waals surface area contributed by atoms with Gasteiger partial charge in [-0.1, -0.05) is 32.4 Å². The van der Waals surface area contributed by atoms with Crippen LogP contribution in [-0.4, -0.2) is 23.2 Å². The van der Waals surface area contributed by atoms with E-state index in [0.717, 1.165) is 6.42 Å². The predicted molar refractivity (Wildman–Crippen MR) is 78.3 cm³/mol. The van der Waals surface area contributed by atoms with Gasteiger partial charge >= 0.3 is 0 Å². The van der Waals surface area contributed by atoms with Crippen LogP contribution in [0, 0.1) is 0 Å². The molecule has 106 valence electrons. The first-order chi connectivity index (χ1) is 8.98. The van der Waals surface area contributed by atoms with E-state index >= 15 is 0 Å². The van der Waals surface area contributed by atoms with E-state index in [0.29, 0.717) is 12.0 Å². The van der Waals surface area contributed by atoms with Gasteiger partial charge in [0, 0.05) is 12.1 Å².